The third kappa shape index (κ3) is 3.37. The van der Waals surface area contributed by atoms with Crippen LogP contribution in [0.3, 0.4) is 0 Å². The highest BCUT2D eigenvalue weighted by atomic mass is 16.5. The summed E-state index contributed by atoms with van der Waals surface area (Å²) < 4.78 is 11.6. The van der Waals surface area contributed by atoms with Crippen LogP contribution >= 0.6 is 0 Å². The Bertz CT molecular complexity index is 912. The summed E-state index contributed by atoms with van der Waals surface area (Å²) in [4.78, 5) is 2.22. The normalized spacial score (nSPS) is 14.2. The minimum atomic E-state index is 0.464. The Hall–Kier alpha value is -3.17. The van der Waals surface area contributed by atoms with E-state index in [1.807, 2.05) is 30.3 Å². The summed E-state index contributed by atoms with van der Waals surface area (Å²) in [6.45, 7) is 2.78. The van der Waals surface area contributed by atoms with E-state index in [4.69, 9.17) is 14.4 Å². The van der Waals surface area contributed by atoms with Crippen LogP contribution in [0.2, 0.25) is 0 Å². The quantitative estimate of drug-likeness (QED) is 0.734. The molecule has 0 amide bonds. The molecule has 6 heteroatoms. The molecule has 0 fully saturated rings. The van der Waals surface area contributed by atoms with E-state index in [-0.39, 0.29) is 0 Å². The molecule has 0 radical (unpaired) electrons. The second-order valence-electron chi connectivity index (χ2n) is 5.86. The van der Waals surface area contributed by atoms with Gasteiger partial charge < -0.3 is 9.15 Å². The molecule has 1 aliphatic rings. The Morgan fingerprint density at radius 3 is 2.76 bits per heavy atom. The van der Waals surface area contributed by atoms with Gasteiger partial charge in [-0.1, -0.05) is 18.2 Å². The van der Waals surface area contributed by atoms with Gasteiger partial charge in [0, 0.05) is 24.2 Å². The van der Waals surface area contributed by atoms with E-state index in [1.54, 1.807) is 12.1 Å². The van der Waals surface area contributed by atoms with Crippen molar-refractivity contribution in [1.82, 2.24) is 15.1 Å². The first-order valence-corrected chi connectivity index (χ1v) is 8.08. The van der Waals surface area contributed by atoms with Crippen molar-refractivity contribution in [3.05, 3.63) is 65.5 Å². The number of nitriles is 1. The van der Waals surface area contributed by atoms with Gasteiger partial charge >= 0.3 is 0 Å². The van der Waals surface area contributed by atoms with E-state index in [0.29, 0.717) is 30.5 Å². The number of nitrogens with zero attached hydrogens (tertiary/aromatic N) is 4. The summed E-state index contributed by atoms with van der Waals surface area (Å²) in [5.74, 6) is 1.97. The fourth-order valence-corrected chi connectivity index (χ4v) is 2.83. The average molecular weight is 332 g/mol. The third-order valence-electron chi connectivity index (χ3n) is 4.12. The number of rotatable bonds is 3. The second-order valence-corrected chi connectivity index (χ2v) is 5.86. The molecule has 1 aromatic heterocycles. The highest BCUT2D eigenvalue weighted by Crippen LogP contribution is 2.24. The topological polar surface area (TPSA) is 75.2 Å². The molecule has 0 atom stereocenters. The van der Waals surface area contributed by atoms with Gasteiger partial charge in [0.25, 0.3) is 0 Å². The van der Waals surface area contributed by atoms with Crippen LogP contribution in [0.15, 0.2) is 52.9 Å². The van der Waals surface area contributed by atoms with Gasteiger partial charge in [-0.25, -0.2) is 0 Å². The van der Waals surface area contributed by atoms with Crippen LogP contribution in [0.4, 0.5) is 0 Å². The van der Waals surface area contributed by atoms with Crippen LogP contribution in [-0.2, 0) is 13.1 Å². The van der Waals surface area contributed by atoms with Gasteiger partial charge in [0.05, 0.1) is 18.2 Å². The Labute approximate surface area is 145 Å². The van der Waals surface area contributed by atoms with Crippen LogP contribution in [0, 0.1) is 11.3 Å². The second kappa shape index (κ2) is 6.75. The lowest BCUT2D eigenvalue weighted by atomic mass is 10.1. The Kier molecular flexibility index (Phi) is 4.15. The number of ether oxygens (including phenoxy) is 1. The zero-order valence-corrected chi connectivity index (χ0v) is 13.6. The lowest BCUT2D eigenvalue weighted by Gasteiger charge is -2.16. The van der Waals surface area contributed by atoms with Crippen LogP contribution in [0.25, 0.3) is 11.5 Å². The molecule has 0 aliphatic carbocycles. The van der Waals surface area contributed by atoms with Gasteiger partial charge in [-0.15, -0.1) is 10.2 Å². The van der Waals surface area contributed by atoms with Crippen molar-refractivity contribution in [1.29, 1.82) is 5.26 Å². The molecule has 0 N–H and O–H groups in total. The van der Waals surface area contributed by atoms with Crippen LogP contribution in [0.1, 0.15) is 17.0 Å². The fraction of sp³-hybridized carbons (Fsp3) is 0.211. The van der Waals surface area contributed by atoms with Crippen molar-refractivity contribution in [2.45, 2.75) is 13.1 Å². The minimum Gasteiger partial charge on any atom is -0.492 e. The number of benzene rings is 2. The minimum absolute atomic E-state index is 0.464. The Morgan fingerprint density at radius 2 is 1.92 bits per heavy atom. The van der Waals surface area contributed by atoms with Crippen LogP contribution in [-0.4, -0.2) is 28.2 Å². The number of aromatic nitrogens is 2. The van der Waals surface area contributed by atoms with Gasteiger partial charge in [0.2, 0.25) is 11.8 Å². The lowest BCUT2D eigenvalue weighted by molar-refractivity contribution is 0.204. The first-order chi connectivity index (χ1) is 12.3. The van der Waals surface area contributed by atoms with E-state index in [9.17, 15) is 0 Å². The van der Waals surface area contributed by atoms with Gasteiger partial charge in [-0.3, -0.25) is 4.90 Å². The molecule has 2 aromatic carbocycles. The first kappa shape index (κ1) is 15.4. The van der Waals surface area contributed by atoms with Crippen molar-refractivity contribution >= 4 is 0 Å². The van der Waals surface area contributed by atoms with E-state index >= 15 is 0 Å². The smallest absolute Gasteiger partial charge is 0.247 e. The maximum absolute atomic E-state index is 8.86. The van der Waals surface area contributed by atoms with Gasteiger partial charge in [-0.05, 0) is 30.3 Å². The maximum Gasteiger partial charge on any atom is 0.247 e. The van der Waals surface area contributed by atoms with E-state index in [0.717, 1.165) is 30.0 Å². The molecule has 0 saturated heterocycles. The van der Waals surface area contributed by atoms with Crippen molar-refractivity contribution in [2.24, 2.45) is 0 Å². The van der Waals surface area contributed by atoms with Crippen LogP contribution in [0.5, 0.6) is 5.75 Å². The zero-order valence-electron chi connectivity index (χ0n) is 13.6. The number of hydrogen-bond donors (Lipinski definition) is 0. The van der Waals surface area contributed by atoms with Gasteiger partial charge in [-0.2, -0.15) is 5.26 Å². The largest absolute Gasteiger partial charge is 0.492 e. The van der Waals surface area contributed by atoms with Crippen molar-refractivity contribution < 1.29 is 9.15 Å². The molecule has 4 rings (SSSR count). The molecular formula is C19H16N4O2. The van der Waals surface area contributed by atoms with E-state index in [1.165, 1.54) is 0 Å². The predicted octanol–water partition coefficient (Wildman–Crippen LogP) is 3.00. The molecule has 124 valence electrons. The Balaban J connectivity index is 1.48. The fourth-order valence-electron chi connectivity index (χ4n) is 2.83. The van der Waals surface area contributed by atoms with Crippen molar-refractivity contribution in [3.8, 4) is 23.3 Å². The first-order valence-electron chi connectivity index (χ1n) is 8.08. The summed E-state index contributed by atoms with van der Waals surface area (Å²) in [5, 5.41) is 17.1. The summed E-state index contributed by atoms with van der Waals surface area (Å²) >= 11 is 0. The molecule has 0 bridgehead atoms. The molecular weight excluding hydrogens is 316 g/mol. The van der Waals surface area contributed by atoms with Crippen molar-refractivity contribution in [3.63, 3.8) is 0 Å². The van der Waals surface area contributed by atoms with Crippen LogP contribution < -0.4 is 4.74 Å². The molecule has 0 unspecified atom stereocenters. The lowest BCUT2D eigenvalue weighted by Crippen LogP contribution is -2.25. The number of hydrogen-bond acceptors (Lipinski definition) is 6. The monoisotopic (exact) mass is 332 g/mol. The number of fused-ring (bicyclic) bond motifs is 1. The molecule has 1 aliphatic heterocycles. The summed E-state index contributed by atoms with van der Waals surface area (Å²) in [6, 6.07) is 17.3. The molecule has 0 saturated carbocycles. The Morgan fingerprint density at radius 1 is 1.08 bits per heavy atom. The third-order valence-corrected chi connectivity index (χ3v) is 4.12. The standard InChI is InChI=1S/C19H16N4O2/c20-11-14-5-7-15(8-6-14)19-22-21-18(25-19)13-23-9-10-24-17-4-2-1-3-16(17)12-23/h1-8H,9-10,12-13H2. The maximum atomic E-state index is 8.86. The average Bonchev–Trinajstić information content (AvgIpc) is 3.01. The van der Waals surface area contributed by atoms with Gasteiger partial charge in [0.1, 0.15) is 12.4 Å². The summed E-state index contributed by atoms with van der Waals surface area (Å²) in [7, 11) is 0. The summed E-state index contributed by atoms with van der Waals surface area (Å²) in [6.07, 6.45) is 0. The van der Waals surface area contributed by atoms with Gasteiger partial charge in [0.15, 0.2) is 0 Å². The zero-order chi connectivity index (χ0) is 17.1. The highest BCUT2D eigenvalue weighted by molar-refractivity contribution is 5.54. The SMILES string of the molecule is N#Cc1ccc(-c2nnc(CN3CCOc4ccccc4C3)o2)cc1. The predicted molar refractivity (Wildman–Crippen MR) is 90.5 cm³/mol. The van der Waals surface area contributed by atoms with Crippen molar-refractivity contribution in [2.75, 3.05) is 13.2 Å². The van der Waals surface area contributed by atoms with E-state index in [2.05, 4.69) is 27.2 Å². The molecule has 0 spiro atoms. The molecule has 25 heavy (non-hydrogen) atoms. The molecule has 6 nitrogen and oxygen atoms in total. The molecule has 2 heterocycles. The summed E-state index contributed by atoms with van der Waals surface area (Å²) in [5.41, 5.74) is 2.57. The number of para-hydroxylation sites is 1. The van der Waals surface area contributed by atoms with E-state index < -0.39 is 0 Å². The highest BCUT2D eigenvalue weighted by Gasteiger charge is 2.18. The molecule has 3 aromatic rings.